The summed E-state index contributed by atoms with van der Waals surface area (Å²) in [4.78, 5) is 15.8. The summed E-state index contributed by atoms with van der Waals surface area (Å²) in [5.74, 6) is -0.139. The predicted molar refractivity (Wildman–Crippen MR) is 97.5 cm³/mol. The molecule has 5 nitrogen and oxygen atoms in total. The Morgan fingerprint density at radius 1 is 1.38 bits per heavy atom. The third-order valence-corrected chi connectivity index (χ3v) is 4.06. The van der Waals surface area contributed by atoms with Gasteiger partial charge in [0.15, 0.2) is 5.75 Å². The number of aromatic nitrogens is 1. The Morgan fingerprint density at radius 2 is 2.17 bits per heavy atom. The largest absolute Gasteiger partial charge is 0.505 e. The van der Waals surface area contributed by atoms with E-state index in [4.69, 9.17) is 11.6 Å². The molecular formula is C18H22ClN3O2. The molecule has 0 bridgehead atoms. The highest BCUT2D eigenvalue weighted by molar-refractivity contribution is 6.36. The molecule has 0 spiro atoms. The average Bonchev–Trinajstić information content (AvgIpc) is 2.59. The molecule has 0 aliphatic heterocycles. The van der Waals surface area contributed by atoms with Crippen molar-refractivity contribution in [1.82, 2.24) is 10.4 Å². The minimum absolute atomic E-state index is 0.00688. The molecule has 128 valence electrons. The van der Waals surface area contributed by atoms with Gasteiger partial charge in [-0.05, 0) is 24.6 Å². The summed E-state index contributed by atoms with van der Waals surface area (Å²) in [5.41, 5.74) is 3.30. The first kappa shape index (κ1) is 18.2. The summed E-state index contributed by atoms with van der Waals surface area (Å²) in [5, 5.41) is 15.3. The van der Waals surface area contributed by atoms with Crippen LogP contribution in [-0.4, -0.2) is 22.2 Å². The van der Waals surface area contributed by atoms with Crippen LogP contribution in [0.25, 0.3) is 10.9 Å². The summed E-state index contributed by atoms with van der Waals surface area (Å²) in [6.45, 7) is 2.16. The molecule has 0 fully saturated rings. The van der Waals surface area contributed by atoms with Gasteiger partial charge in [0.05, 0.1) is 11.2 Å². The SMILES string of the molecule is CCCCCCCC(=O)N/N=C\c1cc(Cl)c2cccnc2c1O. The summed E-state index contributed by atoms with van der Waals surface area (Å²) in [6.07, 6.45) is 8.87. The highest BCUT2D eigenvalue weighted by Crippen LogP contribution is 2.31. The second-order valence-corrected chi connectivity index (χ2v) is 6.06. The number of carbonyl (C=O) groups is 1. The minimum Gasteiger partial charge on any atom is -0.505 e. The van der Waals surface area contributed by atoms with E-state index >= 15 is 0 Å². The number of carbonyl (C=O) groups excluding carboxylic acids is 1. The molecule has 2 rings (SSSR count). The summed E-state index contributed by atoms with van der Waals surface area (Å²) in [7, 11) is 0. The highest BCUT2D eigenvalue weighted by Gasteiger charge is 2.10. The molecule has 1 aromatic heterocycles. The Bertz CT molecular complexity index is 732. The molecule has 0 saturated heterocycles. The lowest BCUT2D eigenvalue weighted by molar-refractivity contribution is -0.121. The molecule has 1 aromatic carbocycles. The minimum atomic E-state index is -0.132. The fourth-order valence-electron chi connectivity index (χ4n) is 2.42. The van der Waals surface area contributed by atoms with Crippen molar-refractivity contribution in [1.29, 1.82) is 0 Å². The lowest BCUT2D eigenvalue weighted by Crippen LogP contribution is -2.16. The van der Waals surface area contributed by atoms with Gasteiger partial charge in [-0.25, -0.2) is 5.43 Å². The highest BCUT2D eigenvalue weighted by atomic mass is 35.5. The van der Waals surface area contributed by atoms with Crippen molar-refractivity contribution in [2.24, 2.45) is 5.10 Å². The number of pyridine rings is 1. The number of nitrogens with one attached hydrogen (secondary N) is 1. The fourth-order valence-corrected chi connectivity index (χ4v) is 2.69. The third-order valence-electron chi connectivity index (χ3n) is 3.75. The van der Waals surface area contributed by atoms with E-state index in [-0.39, 0.29) is 11.7 Å². The van der Waals surface area contributed by atoms with Crippen molar-refractivity contribution in [3.05, 3.63) is 35.0 Å². The number of hydrazone groups is 1. The molecule has 0 radical (unpaired) electrons. The van der Waals surface area contributed by atoms with E-state index in [1.54, 1.807) is 24.4 Å². The molecule has 24 heavy (non-hydrogen) atoms. The molecule has 0 saturated carbocycles. The van der Waals surface area contributed by atoms with Crippen LogP contribution >= 0.6 is 11.6 Å². The van der Waals surface area contributed by atoms with Gasteiger partial charge in [0.1, 0.15) is 5.52 Å². The number of amides is 1. The Morgan fingerprint density at radius 3 is 2.96 bits per heavy atom. The van der Waals surface area contributed by atoms with Gasteiger partial charge in [-0.15, -0.1) is 0 Å². The first-order valence-corrected chi connectivity index (χ1v) is 8.59. The van der Waals surface area contributed by atoms with Crippen LogP contribution in [-0.2, 0) is 4.79 Å². The van der Waals surface area contributed by atoms with Crippen molar-refractivity contribution < 1.29 is 9.90 Å². The van der Waals surface area contributed by atoms with Gasteiger partial charge in [0.2, 0.25) is 5.91 Å². The van der Waals surface area contributed by atoms with Crippen molar-refractivity contribution in [3.63, 3.8) is 0 Å². The van der Waals surface area contributed by atoms with Crippen LogP contribution in [0.1, 0.15) is 51.0 Å². The number of phenols is 1. The van der Waals surface area contributed by atoms with Gasteiger partial charge in [-0.1, -0.05) is 44.2 Å². The summed E-state index contributed by atoms with van der Waals surface area (Å²) < 4.78 is 0. The van der Waals surface area contributed by atoms with Crippen molar-refractivity contribution >= 4 is 34.6 Å². The smallest absolute Gasteiger partial charge is 0.240 e. The van der Waals surface area contributed by atoms with Gasteiger partial charge >= 0.3 is 0 Å². The first-order chi connectivity index (χ1) is 11.6. The number of halogens is 1. The molecule has 1 amide bonds. The van der Waals surface area contributed by atoms with Crippen LogP contribution in [0.3, 0.4) is 0 Å². The Kier molecular flexibility index (Phi) is 7.00. The second-order valence-electron chi connectivity index (χ2n) is 5.65. The number of aromatic hydroxyl groups is 1. The van der Waals surface area contributed by atoms with Crippen molar-refractivity contribution in [2.75, 3.05) is 0 Å². The van der Waals surface area contributed by atoms with Crippen molar-refractivity contribution in [2.45, 2.75) is 45.4 Å². The number of nitrogens with zero attached hydrogens (tertiary/aromatic N) is 2. The maximum atomic E-state index is 11.7. The quantitative estimate of drug-likeness (QED) is 0.422. The molecular weight excluding hydrogens is 326 g/mol. The first-order valence-electron chi connectivity index (χ1n) is 8.21. The second kappa shape index (κ2) is 9.23. The van der Waals surface area contributed by atoms with E-state index in [1.807, 2.05) is 0 Å². The van der Waals surface area contributed by atoms with Crippen LogP contribution in [0.4, 0.5) is 0 Å². The number of benzene rings is 1. The Hall–Kier alpha value is -2.14. The predicted octanol–water partition coefficient (Wildman–Crippen LogP) is 4.40. The molecule has 2 N–H and O–H groups in total. The van der Waals surface area contributed by atoms with E-state index in [2.05, 4.69) is 22.4 Å². The number of hydrogen-bond acceptors (Lipinski definition) is 4. The van der Waals surface area contributed by atoms with E-state index in [0.29, 0.717) is 27.9 Å². The maximum absolute atomic E-state index is 11.7. The lowest BCUT2D eigenvalue weighted by atomic mass is 10.1. The van der Waals surface area contributed by atoms with Crippen LogP contribution in [0, 0.1) is 0 Å². The number of fused-ring (bicyclic) bond motifs is 1. The van der Waals surface area contributed by atoms with Crippen LogP contribution in [0.2, 0.25) is 5.02 Å². The number of unbranched alkanes of at least 4 members (excludes halogenated alkanes) is 4. The molecule has 0 unspecified atom stereocenters. The zero-order valence-electron chi connectivity index (χ0n) is 13.8. The molecule has 0 aliphatic carbocycles. The lowest BCUT2D eigenvalue weighted by Gasteiger charge is -2.05. The van der Waals surface area contributed by atoms with Gasteiger partial charge in [0, 0.05) is 23.6 Å². The van der Waals surface area contributed by atoms with Gasteiger partial charge in [-0.2, -0.15) is 5.10 Å². The Labute approximate surface area is 146 Å². The van der Waals surface area contributed by atoms with Crippen LogP contribution in [0.15, 0.2) is 29.5 Å². The summed E-state index contributed by atoms with van der Waals surface area (Å²) in [6, 6.07) is 5.13. The zero-order valence-corrected chi connectivity index (χ0v) is 14.5. The molecule has 0 atom stereocenters. The van der Waals surface area contributed by atoms with E-state index in [9.17, 15) is 9.90 Å². The number of phenolic OH excluding ortho intramolecular Hbond substituents is 1. The maximum Gasteiger partial charge on any atom is 0.240 e. The fraction of sp³-hybridized carbons (Fsp3) is 0.389. The van der Waals surface area contributed by atoms with E-state index in [1.165, 1.54) is 19.1 Å². The summed E-state index contributed by atoms with van der Waals surface area (Å²) >= 11 is 6.19. The average molecular weight is 348 g/mol. The molecule has 1 heterocycles. The van der Waals surface area contributed by atoms with Gasteiger partial charge < -0.3 is 5.11 Å². The topological polar surface area (TPSA) is 74.6 Å². The Balaban J connectivity index is 1.93. The van der Waals surface area contributed by atoms with Gasteiger partial charge in [-0.3, -0.25) is 9.78 Å². The number of hydrogen-bond donors (Lipinski definition) is 2. The third kappa shape index (κ3) is 4.93. The molecule has 2 aromatic rings. The van der Waals surface area contributed by atoms with E-state index in [0.717, 1.165) is 19.3 Å². The van der Waals surface area contributed by atoms with Crippen LogP contribution < -0.4 is 5.43 Å². The standard InChI is InChI=1S/C18H22ClN3O2/c1-2-3-4-5-6-9-16(23)22-21-12-13-11-15(19)14-8-7-10-20-17(14)18(13)24/h7-8,10-12,24H,2-6,9H2,1H3,(H,22,23)/b21-12-. The monoisotopic (exact) mass is 347 g/mol. The zero-order chi connectivity index (χ0) is 17.4. The van der Waals surface area contributed by atoms with E-state index < -0.39 is 0 Å². The molecule has 6 heteroatoms. The number of rotatable bonds is 8. The van der Waals surface area contributed by atoms with Gasteiger partial charge in [0.25, 0.3) is 0 Å². The van der Waals surface area contributed by atoms with Crippen molar-refractivity contribution in [3.8, 4) is 5.75 Å². The van der Waals surface area contributed by atoms with Crippen LogP contribution in [0.5, 0.6) is 5.75 Å². The normalized spacial score (nSPS) is 11.2. The molecule has 0 aliphatic rings.